The van der Waals surface area contributed by atoms with Crippen molar-refractivity contribution in [2.24, 2.45) is 5.92 Å². The smallest absolute Gasteiger partial charge is 0.396 e. The Kier molecular flexibility index (Phi) is 10.8. The van der Waals surface area contributed by atoms with E-state index in [1.165, 1.54) is 0 Å². The molecule has 2 unspecified atom stereocenters. The van der Waals surface area contributed by atoms with E-state index in [0.717, 1.165) is 19.3 Å². The quantitative estimate of drug-likeness (QED) is 0.442. The van der Waals surface area contributed by atoms with Gasteiger partial charge in [0.2, 0.25) is 0 Å². The topological polar surface area (TPSA) is 118 Å². The van der Waals surface area contributed by atoms with Crippen LogP contribution in [0.5, 0.6) is 0 Å². The molecule has 0 aromatic heterocycles. The maximum Gasteiger partial charge on any atom is 0.466 e. The lowest BCUT2D eigenvalue weighted by molar-refractivity contribution is 0.0584. The number of aliphatic hydroxyl groups is 2. The Morgan fingerprint density at radius 1 is 1.20 bits per heavy atom. The fourth-order valence-electron chi connectivity index (χ4n) is 1.05. The van der Waals surface area contributed by atoms with E-state index in [1.807, 2.05) is 13.8 Å². The third kappa shape index (κ3) is 16.7. The predicted molar refractivity (Wildman–Crippen MR) is 56.0 cm³/mol. The van der Waals surface area contributed by atoms with Crippen molar-refractivity contribution >= 4 is 7.82 Å². The lowest BCUT2D eigenvalue weighted by Crippen LogP contribution is -2.22. The number of rotatable bonds is 5. The summed E-state index contributed by atoms with van der Waals surface area (Å²) < 4.78 is 8.88. The summed E-state index contributed by atoms with van der Waals surface area (Å²) in [6.07, 6.45) is 2.34. The Bertz CT molecular complexity index is 168. The summed E-state index contributed by atoms with van der Waals surface area (Å²) in [6.45, 7) is 4.13. The van der Waals surface area contributed by atoms with Crippen LogP contribution in [0.1, 0.15) is 33.1 Å². The second-order valence-corrected chi connectivity index (χ2v) is 4.25. The van der Waals surface area contributed by atoms with Crippen LogP contribution in [0.15, 0.2) is 0 Å². The van der Waals surface area contributed by atoms with Gasteiger partial charge in [-0.15, -0.1) is 0 Å². The minimum Gasteiger partial charge on any atom is -0.396 e. The van der Waals surface area contributed by atoms with Crippen LogP contribution in [0.2, 0.25) is 0 Å². The molecule has 0 aliphatic heterocycles. The maximum atomic E-state index is 9.35. The highest BCUT2D eigenvalue weighted by Crippen LogP contribution is 2.25. The van der Waals surface area contributed by atoms with Crippen molar-refractivity contribution in [2.75, 3.05) is 6.61 Å². The van der Waals surface area contributed by atoms with E-state index in [2.05, 4.69) is 0 Å². The molecular weight excluding hydrogens is 223 g/mol. The van der Waals surface area contributed by atoms with Crippen LogP contribution in [0.3, 0.4) is 0 Å². The molecular formula is C8H21O6P. The molecule has 0 aromatic rings. The minimum atomic E-state index is -4.64. The molecule has 2 atom stereocenters. The second kappa shape index (κ2) is 9.27. The molecule has 0 bridgehead atoms. The van der Waals surface area contributed by atoms with Crippen LogP contribution < -0.4 is 0 Å². The van der Waals surface area contributed by atoms with Crippen molar-refractivity contribution in [3.8, 4) is 0 Å². The molecule has 0 aliphatic carbocycles. The molecule has 94 valence electrons. The zero-order valence-corrected chi connectivity index (χ0v) is 9.97. The molecule has 6 nitrogen and oxygen atoms in total. The molecule has 0 aromatic carbocycles. The first-order valence-electron chi connectivity index (χ1n) is 4.83. The van der Waals surface area contributed by atoms with Gasteiger partial charge < -0.3 is 24.9 Å². The molecule has 0 spiro atoms. The molecule has 0 heterocycles. The lowest BCUT2D eigenvalue weighted by atomic mass is 9.97. The van der Waals surface area contributed by atoms with Gasteiger partial charge >= 0.3 is 7.82 Å². The van der Waals surface area contributed by atoms with Crippen LogP contribution >= 0.6 is 7.82 Å². The first kappa shape index (κ1) is 17.4. The standard InChI is InChI=1S/C8H18O2.H3O4P/c1-3-5-8(10)7(4-2)6-9;1-5(2,3)4/h7-10H,3-6H2,1-2H3;(H3,1,2,3,4). The number of hydrogen-bond donors (Lipinski definition) is 5. The van der Waals surface area contributed by atoms with Crippen molar-refractivity contribution in [1.82, 2.24) is 0 Å². The zero-order chi connectivity index (χ0) is 12.5. The normalized spacial score (nSPS) is 15.1. The molecule has 0 rings (SSSR count). The van der Waals surface area contributed by atoms with Crippen molar-refractivity contribution in [3.05, 3.63) is 0 Å². The Morgan fingerprint density at radius 3 is 1.80 bits per heavy atom. The van der Waals surface area contributed by atoms with Crippen LogP contribution in [-0.4, -0.2) is 37.6 Å². The van der Waals surface area contributed by atoms with Gasteiger partial charge in [-0.25, -0.2) is 4.57 Å². The number of aliphatic hydroxyl groups excluding tert-OH is 2. The first-order valence-corrected chi connectivity index (χ1v) is 6.39. The minimum absolute atomic E-state index is 0.0833. The highest BCUT2D eigenvalue weighted by atomic mass is 31.2. The largest absolute Gasteiger partial charge is 0.466 e. The molecule has 0 saturated heterocycles. The lowest BCUT2D eigenvalue weighted by Gasteiger charge is -2.17. The van der Waals surface area contributed by atoms with Crippen LogP contribution in [0.25, 0.3) is 0 Å². The predicted octanol–water partition coefficient (Wildman–Crippen LogP) is 0.237. The molecule has 0 saturated carbocycles. The number of hydrogen-bond acceptors (Lipinski definition) is 3. The van der Waals surface area contributed by atoms with Gasteiger partial charge in [-0.1, -0.05) is 20.3 Å². The highest BCUT2D eigenvalue weighted by Gasteiger charge is 2.14. The van der Waals surface area contributed by atoms with Gasteiger partial charge in [-0.05, 0) is 12.8 Å². The second-order valence-electron chi connectivity index (χ2n) is 3.22. The van der Waals surface area contributed by atoms with Gasteiger partial charge in [0.15, 0.2) is 0 Å². The van der Waals surface area contributed by atoms with Gasteiger partial charge in [0.05, 0.1) is 6.10 Å². The van der Waals surface area contributed by atoms with E-state index >= 15 is 0 Å². The van der Waals surface area contributed by atoms with Crippen LogP contribution in [0, 0.1) is 5.92 Å². The van der Waals surface area contributed by atoms with Crippen molar-refractivity contribution in [1.29, 1.82) is 0 Å². The SMILES string of the molecule is CCCC(O)C(CC)CO.O=P(O)(O)O. The van der Waals surface area contributed by atoms with Crippen LogP contribution in [-0.2, 0) is 4.57 Å². The summed E-state index contributed by atoms with van der Waals surface area (Å²) in [5.74, 6) is 0.0833. The molecule has 0 amide bonds. The monoisotopic (exact) mass is 244 g/mol. The fourth-order valence-corrected chi connectivity index (χ4v) is 1.05. The summed E-state index contributed by atoms with van der Waals surface area (Å²) in [7, 11) is -4.64. The fraction of sp³-hybridized carbons (Fsp3) is 1.00. The van der Waals surface area contributed by atoms with E-state index in [4.69, 9.17) is 24.4 Å². The maximum absolute atomic E-state index is 9.35. The van der Waals surface area contributed by atoms with E-state index < -0.39 is 7.82 Å². The summed E-state index contributed by atoms with van der Waals surface area (Å²) in [5, 5.41) is 18.1. The van der Waals surface area contributed by atoms with Crippen molar-refractivity contribution in [3.63, 3.8) is 0 Å². The Morgan fingerprint density at radius 2 is 1.60 bits per heavy atom. The molecule has 7 heteroatoms. The van der Waals surface area contributed by atoms with Gasteiger partial charge in [0.25, 0.3) is 0 Å². The van der Waals surface area contributed by atoms with Gasteiger partial charge in [-0.2, -0.15) is 0 Å². The third-order valence-corrected chi connectivity index (χ3v) is 1.89. The summed E-state index contributed by atoms with van der Waals surface area (Å²) in [5.41, 5.74) is 0. The molecule has 0 aliphatic rings. The molecule has 0 fully saturated rings. The van der Waals surface area contributed by atoms with Crippen molar-refractivity contribution < 1.29 is 29.5 Å². The number of phosphoric acid groups is 1. The van der Waals surface area contributed by atoms with E-state index in [0.29, 0.717) is 0 Å². The molecule has 0 radical (unpaired) electrons. The molecule has 15 heavy (non-hydrogen) atoms. The average molecular weight is 244 g/mol. The van der Waals surface area contributed by atoms with Crippen molar-refractivity contribution in [2.45, 2.75) is 39.2 Å². The van der Waals surface area contributed by atoms with Gasteiger partial charge in [-0.3, -0.25) is 0 Å². The summed E-state index contributed by atoms with van der Waals surface area (Å²) in [6, 6.07) is 0. The Labute approximate surface area is 89.8 Å². The average Bonchev–Trinajstić information content (AvgIpc) is 2.03. The van der Waals surface area contributed by atoms with Crippen LogP contribution in [0.4, 0.5) is 0 Å². The van der Waals surface area contributed by atoms with E-state index in [-0.39, 0.29) is 18.6 Å². The van der Waals surface area contributed by atoms with E-state index in [9.17, 15) is 5.11 Å². The van der Waals surface area contributed by atoms with Gasteiger partial charge in [0, 0.05) is 12.5 Å². The molecule has 5 N–H and O–H groups in total. The third-order valence-electron chi connectivity index (χ3n) is 1.89. The summed E-state index contributed by atoms with van der Waals surface area (Å²) in [4.78, 5) is 21.6. The Balaban J connectivity index is 0. The summed E-state index contributed by atoms with van der Waals surface area (Å²) >= 11 is 0. The zero-order valence-electron chi connectivity index (χ0n) is 9.07. The highest BCUT2D eigenvalue weighted by molar-refractivity contribution is 7.45. The Hall–Kier alpha value is 0.0300. The van der Waals surface area contributed by atoms with E-state index in [1.54, 1.807) is 0 Å². The first-order chi connectivity index (χ1) is 6.76. The van der Waals surface area contributed by atoms with Gasteiger partial charge in [0.1, 0.15) is 0 Å².